The highest BCUT2D eigenvalue weighted by Crippen LogP contribution is 2.29. The number of halogens is 1. The Hall–Kier alpha value is -3.56. The number of fused-ring (bicyclic) bond motifs is 1. The molecule has 0 spiro atoms. The van der Waals surface area contributed by atoms with Gasteiger partial charge in [-0.3, -0.25) is 15.5 Å². The second-order valence-electron chi connectivity index (χ2n) is 5.88. The molecular weight excluding hydrogens is 416 g/mol. The highest BCUT2D eigenvalue weighted by atomic mass is 35.5. The third kappa shape index (κ3) is 4.15. The van der Waals surface area contributed by atoms with Gasteiger partial charge < -0.3 is 4.42 Å². The van der Waals surface area contributed by atoms with Crippen molar-refractivity contribution in [2.45, 2.75) is 0 Å². The number of rotatable bonds is 5. The second kappa shape index (κ2) is 7.82. The van der Waals surface area contributed by atoms with E-state index in [1.807, 2.05) is 12.1 Å². The molecule has 144 valence electrons. The molecule has 0 amide bonds. The van der Waals surface area contributed by atoms with E-state index in [0.29, 0.717) is 20.4 Å². The minimum absolute atomic E-state index is 0.0840. The van der Waals surface area contributed by atoms with Crippen molar-refractivity contribution in [3.05, 3.63) is 85.8 Å². The van der Waals surface area contributed by atoms with E-state index < -0.39 is 10.5 Å². The minimum atomic E-state index is -0.552. The van der Waals surface area contributed by atoms with Crippen molar-refractivity contribution in [3.8, 4) is 10.4 Å². The molecule has 2 heterocycles. The van der Waals surface area contributed by atoms with Crippen LogP contribution in [0.15, 0.2) is 69.0 Å². The maximum absolute atomic E-state index is 12.3. The summed E-state index contributed by atoms with van der Waals surface area (Å²) < 4.78 is 5.28. The lowest BCUT2D eigenvalue weighted by molar-refractivity contribution is -0.384. The van der Waals surface area contributed by atoms with Crippen molar-refractivity contribution in [3.63, 3.8) is 0 Å². The van der Waals surface area contributed by atoms with Crippen molar-refractivity contribution in [2.75, 3.05) is 5.43 Å². The van der Waals surface area contributed by atoms with Crippen molar-refractivity contribution in [1.29, 1.82) is 0 Å². The summed E-state index contributed by atoms with van der Waals surface area (Å²) in [6.45, 7) is 0. The van der Waals surface area contributed by atoms with Gasteiger partial charge in [0.1, 0.15) is 5.58 Å². The smallest absolute Gasteiger partial charge is 0.345 e. The number of nitro groups is 1. The van der Waals surface area contributed by atoms with Crippen LogP contribution in [0.3, 0.4) is 0 Å². The Kier molecular flexibility index (Phi) is 5.07. The SMILES string of the molecule is O=c1oc2ccc([N+](=O)[O-])cc2cc1-c1cnc(NN=Cc2cccc(Cl)c2)s1. The molecule has 4 aromatic rings. The average Bonchev–Trinajstić information content (AvgIpc) is 3.15. The molecule has 1 N–H and O–H groups in total. The van der Waals surface area contributed by atoms with Crippen LogP contribution >= 0.6 is 22.9 Å². The maximum atomic E-state index is 12.3. The summed E-state index contributed by atoms with van der Waals surface area (Å²) in [6.07, 6.45) is 3.10. The molecule has 29 heavy (non-hydrogen) atoms. The second-order valence-corrected chi connectivity index (χ2v) is 7.35. The third-order valence-corrected chi connectivity index (χ3v) is 5.09. The quantitative estimate of drug-likeness (QED) is 0.210. The van der Waals surface area contributed by atoms with Gasteiger partial charge in [0.25, 0.3) is 5.69 Å². The first-order valence-corrected chi connectivity index (χ1v) is 9.42. The summed E-state index contributed by atoms with van der Waals surface area (Å²) in [5.74, 6) is 0. The Bertz CT molecular complexity index is 1320. The molecule has 0 aliphatic carbocycles. The predicted molar refractivity (Wildman–Crippen MR) is 113 cm³/mol. The van der Waals surface area contributed by atoms with Crippen LogP contribution in [0.25, 0.3) is 21.4 Å². The molecule has 0 fully saturated rings. The number of hydrogen-bond acceptors (Lipinski definition) is 8. The summed E-state index contributed by atoms with van der Waals surface area (Å²) >= 11 is 7.13. The number of hydrogen-bond donors (Lipinski definition) is 1. The van der Waals surface area contributed by atoms with E-state index in [-0.39, 0.29) is 16.8 Å². The fourth-order valence-corrected chi connectivity index (χ4v) is 3.56. The third-order valence-electron chi connectivity index (χ3n) is 3.92. The Morgan fingerprint density at radius 1 is 1.24 bits per heavy atom. The van der Waals surface area contributed by atoms with E-state index in [4.69, 9.17) is 16.0 Å². The molecule has 2 aromatic carbocycles. The Labute approximate surface area is 172 Å². The van der Waals surface area contributed by atoms with Crippen molar-refractivity contribution < 1.29 is 9.34 Å². The minimum Gasteiger partial charge on any atom is -0.422 e. The number of hydrazone groups is 1. The van der Waals surface area contributed by atoms with Gasteiger partial charge in [0.15, 0.2) is 0 Å². The van der Waals surface area contributed by atoms with Crippen molar-refractivity contribution in [2.24, 2.45) is 5.10 Å². The molecular formula is C19H11ClN4O4S. The van der Waals surface area contributed by atoms with Gasteiger partial charge in [-0.2, -0.15) is 5.10 Å². The first-order valence-electron chi connectivity index (χ1n) is 8.23. The van der Waals surface area contributed by atoms with Crippen molar-refractivity contribution in [1.82, 2.24) is 4.98 Å². The van der Waals surface area contributed by atoms with E-state index >= 15 is 0 Å². The van der Waals surface area contributed by atoms with Crippen LogP contribution in [0.1, 0.15) is 5.56 Å². The van der Waals surface area contributed by atoms with Gasteiger partial charge in [0.2, 0.25) is 5.13 Å². The number of thiazole rings is 1. The summed E-state index contributed by atoms with van der Waals surface area (Å²) in [7, 11) is 0. The van der Waals surface area contributed by atoms with Crippen molar-refractivity contribution >= 4 is 50.9 Å². The van der Waals surface area contributed by atoms with E-state index in [2.05, 4.69) is 15.5 Å². The van der Waals surface area contributed by atoms with Gasteiger partial charge in [-0.1, -0.05) is 35.1 Å². The molecule has 0 unspecified atom stereocenters. The lowest BCUT2D eigenvalue weighted by Crippen LogP contribution is -2.01. The van der Waals surface area contributed by atoms with Gasteiger partial charge >= 0.3 is 5.63 Å². The Morgan fingerprint density at radius 2 is 2.10 bits per heavy atom. The van der Waals surface area contributed by atoms with Crippen LogP contribution in [0, 0.1) is 10.1 Å². The van der Waals surface area contributed by atoms with Crippen LogP contribution in [0.4, 0.5) is 10.8 Å². The molecule has 10 heteroatoms. The number of nitro benzene ring substituents is 1. The first kappa shape index (κ1) is 18.8. The van der Waals surface area contributed by atoms with E-state index in [1.165, 1.54) is 35.7 Å². The number of non-ortho nitro benzene ring substituents is 1. The molecule has 0 aliphatic rings. The van der Waals surface area contributed by atoms with Gasteiger partial charge in [0, 0.05) is 28.7 Å². The number of nitrogens with zero attached hydrogens (tertiary/aromatic N) is 3. The first-order chi connectivity index (χ1) is 14.0. The highest BCUT2D eigenvalue weighted by molar-refractivity contribution is 7.18. The summed E-state index contributed by atoms with van der Waals surface area (Å²) in [5.41, 5.74) is 3.52. The molecule has 2 aromatic heterocycles. The zero-order valence-corrected chi connectivity index (χ0v) is 16.1. The largest absolute Gasteiger partial charge is 0.422 e. The molecule has 0 atom stereocenters. The van der Waals surface area contributed by atoms with Crippen LogP contribution in [-0.2, 0) is 0 Å². The standard InChI is InChI=1S/C19H11ClN4O4S/c20-13-3-1-2-11(6-13)9-22-23-19-21-10-17(29-19)15-8-12-7-14(24(26)27)4-5-16(12)28-18(15)25/h1-10H,(H,21,23). The van der Waals surface area contributed by atoms with Gasteiger partial charge in [0.05, 0.1) is 21.6 Å². The summed E-state index contributed by atoms with van der Waals surface area (Å²) in [5, 5.41) is 16.6. The number of nitrogens with one attached hydrogen (secondary N) is 1. The zero-order valence-electron chi connectivity index (χ0n) is 14.5. The molecule has 8 nitrogen and oxygen atoms in total. The Balaban J connectivity index is 1.60. The van der Waals surface area contributed by atoms with Crippen LogP contribution < -0.4 is 11.1 Å². The van der Waals surface area contributed by atoms with Gasteiger partial charge in [-0.05, 0) is 29.8 Å². The molecule has 0 bridgehead atoms. The number of aromatic nitrogens is 1. The highest BCUT2D eigenvalue weighted by Gasteiger charge is 2.14. The fourth-order valence-electron chi connectivity index (χ4n) is 2.60. The summed E-state index contributed by atoms with van der Waals surface area (Å²) in [6, 6.07) is 12.8. The lowest BCUT2D eigenvalue weighted by Gasteiger charge is -2.00. The van der Waals surface area contributed by atoms with Gasteiger partial charge in [-0.25, -0.2) is 9.78 Å². The van der Waals surface area contributed by atoms with E-state index in [0.717, 1.165) is 5.56 Å². The lowest BCUT2D eigenvalue weighted by atomic mass is 10.1. The van der Waals surface area contributed by atoms with Crippen LogP contribution in [0.2, 0.25) is 5.02 Å². The maximum Gasteiger partial charge on any atom is 0.345 e. The predicted octanol–water partition coefficient (Wildman–Crippen LogP) is 4.92. The fraction of sp³-hybridized carbons (Fsp3) is 0. The van der Waals surface area contributed by atoms with Crippen LogP contribution in [0.5, 0.6) is 0 Å². The van der Waals surface area contributed by atoms with Crippen LogP contribution in [-0.4, -0.2) is 16.1 Å². The normalized spacial score (nSPS) is 11.2. The molecule has 0 radical (unpaired) electrons. The molecule has 0 aliphatic heterocycles. The molecule has 4 rings (SSSR count). The monoisotopic (exact) mass is 426 g/mol. The molecule has 0 saturated carbocycles. The topological polar surface area (TPSA) is 111 Å². The number of anilines is 1. The average molecular weight is 427 g/mol. The van der Waals surface area contributed by atoms with Gasteiger partial charge in [-0.15, -0.1) is 0 Å². The molecule has 0 saturated heterocycles. The Morgan fingerprint density at radius 3 is 2.90 bits per heavy atom. The van der Waals surface area contributed by atoms with E-state index in [9.17, 15) is 14.9 Å². The van der Waals surface area contributed by atoms with E-state index in [1.54, 1.807) is 24.4 Å². The summed E-state index contributed by atoms with van der Waals surface area (Å²) in [4.78, 5) is 27.5. The number of benzene rings is 2. The zero-order chi connectivity index (χ0) is 20.4.